The maximum atomic E-state index is 13.3. The molecule has 0 aliphatic carbocycles. The number of piperazine rings is 1. The molecule has 0 unspecified atom stereocenters. The molecule has 3 heterocycles. The summed E-state index contributed by atoms with van der Waals surface area (Å²) in [5, 5.41) is 4.16. The van der Waals surface area contributed by atoms with Crippen LogP contribution in [0.1, 0.15) is 19.8 Å². The standard InChI is InChI=1S/C25H32N4O5S/c1-3-34-23(30)9-6-10-28-21-18-35-17-19(21)24(31)29(25(28)32)16-13-26-11-14-27(15-12-26)20-7-4-5-8-22(20)33-2/h4-5,7-8,17-18H,3,6,9-16H2,1-2H3. The zero-order chi connectivity index (χ0) is 24.8. The number of hydrogen-bond donors (Lipinski definition) is 0. The van der Waals surface area contributed by atoms with Crippen molar-refractivity contribution >= 4 is 33.9 Å². The lowest BCUT2D eigenvalue weighted by molar-refractivity contribution is -0.143. The van der Waals surface area contributed by atoms with Crippen molar-refractivity contribution in [1.29, 1.82) is 0 Å². The van der Waals surface area contributed by atoms with Gasteiger partial charge in [-0.2, -0.15) is 0 Å². The average Bonchev–Trinajstić information content (AvgIpc) is 3.36. The molecule has 10 heteroatoms. The molecule has 0 atom stereocenters. The molecule has 1 aromatic carbocycles. The van der Waals surface area contributed by atoms with Gasteiger partial charge in [-0.05, 0) is 25.5 Å². The van der Waals surface area contributed by atoms with Crippen molar-refractivity contribution in [2.45, 2.75) is 32.9 Å². The van der Waals surface area contributed by atoms with Crippen molar-refractivity contribution in [1.82, 2.24) is 14.0 Å². The van der Waals surface area contributed by atoms with Gasteiger partial charge >= 0.3 is 11.7 Å². The van der Waals surface area contributed by atoms with Crippen molar-refractivity contribution < 1.29 is 14.3 Å². The topological polar surface area (TPSA) is 86.0 Å². The Morgan fingerprint density at radius 3 is 2.51 bits per heavy atom. The molecule has 1 aliphatic rings. The maximum Gasteiger partial charge on any atom is 0.331 e. The first-order chi connectivity index (χ1) is 17.0. The SMILES string of the molecule is CCOC(=O)CCCn1c(=O)n(CCN2CCN(c3ccccc3OC)CC2)c(=O)c2cscc21. The van der Waals surface area contributed by atoms with Gasteiger partial charge < -0.3 is 14.4 Å². The summed E-state index contributed by atoms with van der Waals surface area (Å²) in [5.41, 5.74) is 1.15. The van der Waals surface area contributed by atoms with Crippen molar-refractivity contribution in [3.63, 3.8) is 0 Å². The number of anilines is 1. The van der Waals surface area contributed by atoms with Gasteiger partial charge in [-0.25, -0.2) is 4.79 Å². The Morgan fingerprint density at radius 1 is 1.00 bits per heavy atom. The van der Waals surface area contributed by atoms with Crippen LogP contribution in [0.25, 0.3) is 10.9 Å². The molecule has 1 aliphatic heterocycles. The molecule has 2 aromatic heterocycles. The molecule has 3 aromatic rings. The van der Waals surface area contributed by atoms with Gasteiger partial charge in [-0.1, -0.05) is 12.1 Å². The zero-order valence-electron chi connectivity index (χ0n) is 20.3. The monoisotopic (exact) mass is 500 g/mol. The molecule has 0 saturated carbocycles. The molecule has 0 spiro atoms. The number of carbonyl (C=O) groups is 1. The first-order valence-electron chi connectivity index (χ1n) is 12.0. The third-order valence-corrected chi connectivity index (χ3v) is 7.11. The van der Waals surface area contributed by atoms with Gasteiger partial charge in [-0.3, -0.25) is 23.6 Å². The molecule has 1 fully saturated rings. The first kappa shape index (κ1) is 25.0. The number of carbonyl (C=O) groups excluding carboxylic acids is 1. The smallest absolute Gasteiger partial charge is 0.331 e. The first-order valence-corrected chi connectivity index (χ1v) is 12.9. The van der Waals surface area contributed by atoms with Crippen LogP contribution in [-0.2, 0) is 22.6 Å². The van der Waals surface area contributed by atoms with Crippen molar-refractivity contribution in [2.24, 2.45) is 0 Å². The molecule has 4 rings (SSSR count). The van der Waals surface area contributed by atoms with E-state index >= 15 is 0 Å². The number of aromatic nitrogens is 2. The lowest BCUT2D eigenvalue weighted by Gasteiger charge is -2.36. The summed E-state index contributed by atoms with van der Waals surface area (Å²) in [7, 11) is 1.68. The Kier molecular flexibility index (Phi) is 8.25. The number of benzene rings is 1. The van der Waals surface area contributed by atoms with Crippen LogP contribution >= 0.6 is 11.3 Å². The molecule has 35 heavy (non-hydrogen) atoms. The maximum absolute atomic E-state index is 13.3. The van der Waals surface area contributed by atoms with E-state index in [1.807, 2.05) is 23.6 Å². The molecular formula is C25H32N4O5S. The lowest BCUT2D eigenvalue weighted by atomic mass is 10.2. The molecular weight excluding hydrogens is 468 g/mol. The summed E-state index contributed by atoms with van der Waals surface area (Å²) < 4.78 is 13.4. The fraction of sp³-hybridized carbons (Fsp3) is 0.480. The highest BCUT2D eigenvalue weighted by atomic mass is 32.1. The largest absolute Gasteiger partial charge is 0.495 e. The van der Waals surface area contributed by atoms with E-state index in [-0.39, 0.29) is 23.6 Å². The fourth-order valence-corrected chi connectivity index (χ4v) is 5.32. The summed E-state index contributed by atoms with van der Waals surface area (Å²) in [6.45, 7) is 6.78. The summed E-state index contributed by atoms with van der Waals surface area (Å²) >= 11 is 1.40. The molecule has 9 nitrogen and oxygen atoms in total. The van der Waals surface area contributed by atoms with Crippen LogP contribution < -0.4 is 20.9 Å². The number of para-hydroxylation sites is 2. The van der Waals surface area contributed by atoms with Gasteiger partial charge in [0.2, 0.25) is 0 Å². The van der Waals surface area contributed by atoms with Gasteiger partial charge in [0.15, 0.2) is 0 Å². The van der Waals surface area contributed by atoms with E-state index in [4.69, 9.17) is 9.47 Å². The third-order valence-electron chi connectivity index (χ3n) is 6.38. The number of ether oxygens (including phenoxy) is 2. The minimum absolute atomic E-state index is 0.238. The van der Waals surface area contributed by atoms with E-state index in [9.17, 15) is 14.4 Å². The van der Waals surface area contributed by atoms with Crippen LogP contribution in [0.4, 0.5) is 5.69 Å². The molecule has 0 amide bonds. The molecule has 1 saturated heterocycles. The number of rotatable bonds is 10. The number of nitrogens with zero attached hydrogens (tertiary/aromatic N) is 4. The predicted octanol–water partition coefficient (Wildman–Crippen LogP) is 2.40. The number of methoxy groups -OCH3 is 1. The minimum Gasteiger partial charge on any atom is -0.495 e. The summed E-state index contributed by atoms with van der Waals surface area (Å²) in [4.78, 5) is 42.6. The Hall–Kier alpha value is -3.11. The third kappa shape index (κ3) is 5.59. The van der Waals surface area contributed by atoms with Gasteiger partial charge in [-0.15, -0.1) is 11.3 Å². The summed E-state index contributed by atoms with van der Waals surface area (Å²) in [6.07, 6.45) is 0.717. The van der Waals surface area contributed by atoms with E-state index in [0.717, 1.165) is 37.6 Å². The van der Waals surface area contributed by atoms with E-state index < -0.39 is 0 Å². The van der Waals surface area contributed by atoms with Crippen molar-refractivity contribution in [3.05, 3.63) is 55.9 Å². The second-order valence-electron chi connectivity index (χ2n) is 8.47. The summed E-state index contributed by atoms with van der Waals surface area (Å²) in [5.74, 6) is 0.586. The molecule has 0 N–H and O–H groups in total. The Balaban J connectivity index is 1.43. The number of aryl methyl sites for hydroxylation is 1. The van der Waals surface area contributed by atoms with Gasteiger partial charge in [0.05, 0.1) is 30.3 Å². The summed E-state index contributed by atoms with van der Waals surface area (Å²) in [6, 6.07) is 8.00. The Bertz CT molecular complexity index is 1270. The van der Waals surface area contributed by atoms with Crippen LogP contribution in [0.15, 0.2) is 44.6 Å². The molecule has 0 radical (unpaired) electrons. The van der Waals surface area contributed by atoms with E-state index in [1.54, 1.807) is 24.0 Å². The molecule has 0 bridgehead atoms. The highest BCUT2D eigenvalue weighted by Gasteiger charge is 2.21. The van der Waals surface area contributed by atoms with E-state index in [2.05, 4.69) is 15.9 Å². The Morgan fingerprint density at radius 2 is 1.77 bits per heavy atom. The fourth-order valence-electron chi connectivity index (χ4n) is 4.51. The molecule has 188 valence electrons. The van der Waals surface area contributed by atoms with Crippen molar-refractivity contribution in [2.75, 3.05) is 51.3 Å². The van der Waals surface area contributed by atoms with Gasteiger partial charge in [0, 0.05) is 63.0 Å². The van der Waals surface area contributed by atoms with Crippen LogP contribution in [-0.4, -0.2) is 66.4 Å². The lowest BCUT2D eigenvalue weighted by Crippen LogP contribution is -2.49. The highest BCUT2D eigenvalue weighted by molar-refractivity contribution is 7.09. The highest BCUT2D eigenvalue weighted by Crippen LogP contribution is 2.28. The second kappa shape index (κ2) is 11.5. The quantitative estimate of drug-likeness (QED) is 0.395. The average molecular weight is 501 g/mol. The van der Waals surface area contributed by atoms with Crippen LogP contribution in [0.3, 0.4) is 0 Å². The van der Waals surface area contributed by atoms with Gasteiger partial charge in [0.1, 0.15) is 5.75 Å². The van der Waals surface area contributed by atoms with Crippen molar-refractivity contribution in [3.8, 4) is 5.75 Å². The second-order valence-corrected chi connectivity index (χ2v) is 9.21. The number of thiophene rings is 1. The van der Waals surface area contributed by atoms with Gasteiger partial charge in [0.25, 0.3) is 5.56 Å². The number of hydrogen-bond acceptors (Lipinski definition) is 8. The van der Waals surface area contributed by atoms with Crippen LogP contribution in [0, 0.1) is 0 Å². The Labute approximate surface area is 208 Å². The normalized spacial score (nSPS) is 14.4. The predicted molar refractivity (Wildman–Crippen MR) is 138 cm³/mol. The number of esters is 1. The van der Waals surface area contributed by atoms with Crippen LogP contribution in [0.5, 0.6) is 5.75 Å². The minimum atomic E-state index is -0.322. The van der Waals surface area contributed by atoms with E-state index in [0.29, 0.717) is 43.6 Å². The van der Waals surface area contributed by atoms with E-state index in [1.165, 1.54) is 15.9 Å². The zero-order valence-corrected chi connectivity index (χ0v) is 21.1. The number of fused-ring (bicyclic) bond motifs is 1. The van der Waals surface area contributed by atoms with Crippen LogP contribution in [0.2, 0.25) is 0 Å².